The number of hydrogen-bond donors (Lipinski definition) is 0. The maximum Gasteiger partial charge on any atom is 4.00 e. The van der Waals surface area contributed by atoms with Crippen molar-refractivity contribution in [2.24, 2.45) is 0 Å². The van der Waals surface area contributed by atoms with E-state index in [2.05, 4.69) is 201 Å². The fourth-order valence-electron chi connectivity index (χ4n) is 9.78. The summed E-state index contributed by atoms with van der Waals surface area (Å²) in [5, 5.41) is 5.97. The first-order valence-corrected chi connectivity index (χ1v) is 20.7. The predicted octanol–water partition coefficient (Wildman–Crippen LogP) is -2.73. The molecule has 0 atom stereocenters. The number of halogens is 3. The van der Waals surface area contributed by atoms with E-state index in [0.717, 1.165) is 0 Å². The fraction of sp³-hybridized carbons (Fsp3) is 0.489. The quantitative estimate of drug-likeness (QED) is 0.0975. The van der Waals surface area contributed by atoms with Crippen LogP contribution in [0.3, 0.4) is 0 Å². The first kappa shape index (κ1) is 53.6. The summed E-state index contributed by atoms with van der Waals surface area (Å²) in [6.07, 6.45) is 0. The molecule has 0 saturated heterocycles. The fourth-order valence-corrected chi connectivity index (χ4v) is 16.3. The van der Waals surface area contributed by atoms with Crippen LogP contribution in [0.2, 0.25) is 0 Å². The van der Waals surface area contributed by atoms with Gasteiger partial charge in [-0.1, -0.05) is 45.9 Å². The Balaban J connectivity index is 0.00000756. The average molecular weight is 876 g/mol. The Morgan fingerprint density at radius 2 is 0.607 bits per heavy atom. The summed E-state index contributed by atoms with van der Waals surface area (Å²) in [7, 11) is 23.2. The van der Waals surface area contributed by atoms with E-state index in [1.54, 1.807) is 5.19 Å². The van der Waals surface area contributed by atoms with Gasteiger partial charge in [0, 0.05) is 84.6 Å². The van der Waals surface area contributed by atoms with Gasteiger partial charge in [0.25, 0.3) is 0 Å². The molecule has 0 spiro atoms. The number of hydrogen-bond acceptors (Lipinski definition) is 6. The molecule has 0 heterocycles. The van der Waals surface area contributed by atoms with E-state index in [9.17, 15) is 0 Å². The molecule has 0 fully saturated rings. The zero-order valence-corrected chi connectivity index (χ0v) is 43.4. The SMILES string of the molecule is Cc1cc([Si](c2cc(C)c(N(C)C)c(N(C)C)c2C)(c2cc(C)c(N(C)C)c(N(C)C)c2C)c2c(C)c(C)c(C)[c-]2C)c(C)c(N(C)C)c1N(C)C.[Cl-].[Cl-].[Cl-].[Ti+4]. The van der Waals surface area contributed by atoms with Crippen molar-refractivity contribution in [3.8, 4) is 0 Å². The van der Waals surface area contributed by atoms with Gasteiger partial charge < -0.3 is 66.6 Å². The maximum absolute atomic E-state index is 3.17. The molecule has 4 rings (SSSR count). The summed E-state index contributed by atoms with van der Waals surface area (Å²) < 4.78 is 0. The number of aryl methyl sites for hydroxylation is 3. The van der Waals surface area contributed by atoms with Crippen LogP contribution in [-0.2, 0) is 21.7 Å². The molecule has 0 bridgehead atoms. The Kier molecular flexibility index (Phi) is 18.7. The normalized spacial score (nSPS) is 10.8. The summed E-state index contributed by atoms with van der Waals surface area (Å²) in [5.74, 6) is 0. The van der Waals surface area contributed by atoms with Gasteiger partial charge in [-0.25, -0.2) is 0 Å². The van der Waals surface area contributed by atoms with Gasteiger partial charge in [-0.2, -0.15) is 27.4 Å². The molecule has 0 unspecified atom stereocenters. The molecule has 0 N–H and O–H groups in total. The molecular weight excluding hydrogens is 807 g/mol. The van der Waals surface area contributed by atoms with Crippen molar-refractivity contribution in [1.82, 2.24) is 0 Å². The molecule has 0 radical (unpaired) electrons. The van der Waals surface area contributed by atoms with Crippen LogP contribution in [0.15, 0.2) is 18.2 Å². The molecule has 0 aliphatic heterocycles. The van der Waals surface area contributed by atoms with E-state index >= 15 is 0 Å². The number of anilines is 6. The zero-order chi connectivity index (χ0) is 39.6. The minimum Gasteiger partial charge on any atom is -1.00 e. The van der Waals surface area contributed by atoms with Crippen molar-refractivity contribution in [2.45, 2.75) is 69.2 Å². The molecule has 0 amide bonds. The van der Waals surface area contributed by atoms with E-state index < -0.39 is 8.07 Å². The van der Waals surface area contributed by atoms with Crippen LogP contribution in [-0.4, -0.2) is 92.6 Å². The Labute approximate surface area is 376 Å². The van der Waals surface area contributed by atoms with Crippen LogP contribution in [0.1, 0.15) is 55.6 Å². The van der Waals surface area contributed by atoms with Crippen molar-refractivity contribution in [3.63, 3.8) is 0 Å². The second kappa shape index (κ2) is 19.6. The van der Waals surface area contributed by atoms with Crippen LogP contribution < -0.4 is 87.4 Å². The molecule has 0 aliphatic rings. The molecule has 0 saturated carbocycles. The number of benzene rings is 3. The van der Waals surface area contributed by atoms with Crippen LogP contribution in [0, 0.1) is 69.2 Å². The Hall–Kier alpha value is -2.39. The van der Waals surface area contributed by atoms with Gasteiger partial charge >= 0.3 is 21.7 Å². The molecule has 6 nitrogen and oxygen atoms in total. The van der Waals surface area contributed by atoms with Crippen molar-refractivity contribution < 1.29 is 58.9 Å². The summed E-state index contributed by atoms with van der Waals surface area (Å²) in [5.41, 5.74) is 21.4. The van der Waals surface area contributed by atoms with E-state index in [0.29, 0.717) is 0 Å². The Morgan fingerprint density at radius 1 is 0.375 bits per heavy atom. The summed E-state index contributed by atoms with van der Waals surface area (Å²) in [4.78, 5) is 13.9. The van der Waals surface area contributed by atoms with E-state index in [4.69, 9.17) is 0 Å². The van der Waals surface area contributed by atoms with Crippen molar-refractivity contribution in [1.29, 1.82) is 0 Å². The molecule has 4 aromatic carbocycles. The van der Waals surface area contributed by atoms with Gasteiger partial charge in [-0.15, -0.1) is 0 Å². The van der Waals surface area contributed by atoms with Gasteiger partial charge in [0.05, 0.1) is 34.1 Å². The third-order valence-electron chi connectivity index (χ3n) is 11.9. The molecule has 4 aromatic rings. The van der Waals surface area contributed by atoms with Crippen LogP contribution >= 0.6 is 0 Å². The maximum atomic E-state index is 2.59. The van der Waals surface area contributed by atoms with Gasteiger partial charge in [-0.3, -0.25) is 0 Å². The zero-order valence-electron chi connectivity index (χ0n) is 38.5. The van der Waals surface area contributed by atoms with E-state index in [1.807, 2.05) is 0 Å². The third-order valence-corrected chi connectivity index (χ3v) is 17.3. The molecule has 11 heteroatoms. The van der Waals surface area contributed by atoms with Gasteiger partial charge in [0.1, 0.15) is 0 Å². The summed E-state index contributed by atoms with van der Waals surface area (Å²) in [6, 6.07) is 7.77. The summed E-state index contributed by atoms with van der Waals surface area (Å²) in [6.45, 7) is 23.7. The van der Waals surface area contributed by atoms with Crippen molar-refractivity contribution in [2.75, 3.05) is 114 Å². The van der Waals surface area contributed by atoms with Gasteiger partial charge in [0.15, 0.2) is 8.07 Å². The van der Waals surface area contributed by atoms with E-state index in [-0.39, 0.29) is 58.9 Å². The molecule has 308 valence electrons. The minimum atomic E-state index is -3.17. The van der Waals surface area contributed by atoms with Crippen molar-refractivity contribution in [3.05, 3.63) is 73.8 Å². The standard InChI is InChI=1S/C45H69N6Si.3ClH.Ti/c1-26-23-36(33(8)42(49(17)18)39(26)46(11)12)52(45-31(6)29(4)30(5)32(45)7,37-24-27(2)40(47(13)14)43(34(37)9)50(19)20)38-25-28(3)41(48(15)16)44(35(38)10)51(21)22;;;;/h23-25H,1-22H3;3*1H;/q-1;;;;+4/p-3. The second-order valence-corrected chi connectivity index (χ2v) is 20.3. The van der Waals surface area contributed by atoms with E-state index in [1.165, 1.54) is 105 Å². The number of nitrogens with zero attached hydrogens (tertiary/aromatic N) is 6. The first-order chi connectivity index (χ1) is 24.0. The second-order valence-electron chi connectivity index (χ2n) is 16.7. The van der Waals surface area contributed by atoms with Gasteiger partial charge in [-0.05, 0) is 90.5 Å². The number of rotatable bonds is 10. The van der Waals surface area contributed by atoms with Crippen molar-refractivity contribution >= 4 is 62.9 Å². The molecular formula is C45H69Cl3N6SiTi. The minimum absolute atomic E-state index is 0. The predicted molar refractivity (Wildman–Crippen MR) is 239 cm³/mol. The molecule has 0 aliphatic carbocycles. The molecule has 0 aromatic heterocycles. The van der Waals surface area contributed by atoms with Gasteiger partial charge in [0.2, 0.25) is 0 Å². The first-order valence-electron chi connectivity index (χ1n) is 18.7. The smallest absolute Gasteiger partial charge is 1.00 e. The Bertz CT molecular complexity index is 1820. The summed E-state index contributed by atoms with van der Waals surface area (Å²) >= 11 is 0. The Morgan fingerprint density at radius 3 is 0.786 bits per heavy atom. The van der Waals surface area contributed by atoms with Crippen LogP contribution in [0.5, 0.6) is 0 Å². The third kappa shape index (κ3) is 8.38. The average Bonchev–Trinajstić information content (AvgIpc) is 3.22. The monoisotopic (exact) mass is 874 g/mol. The van der Waals surface area contributed by atoms with Crippen LogP contribution in [0.4, 0.5) is 34.1 Å². The van der Waals surface area contributed by atoms with Crippen LogP contribution in [0.25, 0.3) is 0 Å². The largest absolute Gasteiger partial charge is 4.00 e. The molecule has 56 heavy (non-hydrogen) atoms. The topological polar surface area (TPSA) is 19.4 Å².